The van der Waals surface area contributed by atoms with E-state index in [1.807, 2.05) is 0 Å². The molecule has 0 N–H and O–H groups in total. The van der Waals surface area contributed by atoms with Crippen molar-refractivity contribution in [2.75, 3.05) is 0 Å². The lowest BCUT2D eigenvalue weighted by Crippen LogP contribution is -2.31. The Labute approximate surface area is 225 Å². The van der Waals surface area contributed by atoms with Crippen LogP contribution in [0.2, 0.25) is 0 Å². The van der Waals surface area contributed by atoms with Crippen LogP contribution in [0.3, 0.4) is 0 Å². The summed E-state index contributed by atoms with van der Waals surface area (Å²) in [5, 5.41) is 0. The molecule has 2 aromatic rings. The lowest BCUT2D eigenvalue weighted by Gasteiger charge is -2.07. The molecule has 1 nitrogen and oxygen atoms in total. The molecule has 1 heteroatoms. The Hall–Kier alpha value is -1.63. The molecule has 0 spiro atoms. The predicted molar refractivity (Wildman–Crippen MR) is 159 cm³/mol. The van der Waals surface area contributed by atoms with E-state index in [0.29, 0.717) is 0 Å². The summed E-state index contributed by atoms with van der Waals surface area (Å²) >= 11 is 0. The summed E-state index contributed by atoms with van der Waals surface area (Å²) in [7, 11) is 0. The summed E-state index contributed by atoms with van der Waals surface area (Å²) in [6.45, 7) is 4.60. The fourth-order valence-electron chi connectivity index (χ4n) is 5.36. The molecule has 1 aromatic heterocycles. The molecule has 202 valence electrons. The van der Waals surface area contributed by atoms with Gasteiger partial charge >= 0.3 is 0 Å². The number of para-hydroxylation sites is 1. The molecule has 0 saturated carbocycles. The number of unbranched alkanes of at least 4 members (excludes halogenated alkanes) is 18. The molecule has 0 aliphatic rings. The van der Waals surface area contributed by atoms with Gasteiger partial charge in [-0.15, -0.1) is 0 Å². The summed E-state index contributed by atoms with van der Waals surface area (Å²) in [5.74, 6) is 0. The third kappa shape index (κ3) is 14.8. The standard InChI is InChI=1S/C35H58N/c1-3-5-7-9-11-13-15-17-19-22-26-33-30-34(32-36(31-33)35-28-24-21-25-29-35)27-23-20-18-16-14-12-10-8-6-4-2/h21,24-25,28-32H,3-20,22-23,26-27H2,1-2H3/q+1. The zero-order valence-corrected chi connectivity index (χ0v) is 24.1. The molecule has 36 heavy (non-hydrogen) atoms. The smallest absolute Gasteiger partial charge is 0.167 e. The SMILES string of the molecule is CCCCCCCCCCCCc1cc(CCCCCCCCCCCC)c[n+](-c2ccccc2)c1. The first kappa shape index (κ1) is 30.6. The van der Waals surface area contributed by atoms with Crippen molar-refractivity contribution < 1.29 is 4.57 Å². The Kier molecular flexibility index (Phi) is 18.2. The molecule has 0 saturated heterocycles. The number of aryl methyl sites for hydroxylation is 2. The average Bonchev–Trinajstić information content (AvgIpc) is 2.91. The van der Waals surface area contributed by atoms with Crippen molar-refractivity contribution in [3.8, 4) is 5.69 Å². The molecule has 0 radical (unpaired) electrons. The van der Waals surface area contributed by atoms with Gasteiger partial charge in [-0.05, 0) is 31.7 Å². The molecule has 2 rings (SSSR count). The van der Waals surface area contributed by atoms with Crippen LogP contribution in [-0.4, -0.2) is 0 Å². The normalized spacial score (nSPS) is 11.3. The molecule has 0 amide bonds. The molecule has 0 unspecified atom stereocenters. The van der Waals surface area contributed by atoms with E-state index in [4.69, 9.17) is 0 Å². The van der Waals surface area contributed by atoms with Crippen molar-refractivity contribution >= 4 is 0 Å². The van der Waals surface area contributed by atoms with Gasteiger partial charge in [0, 0.05) is 23.3 Å². The highest BCUT2D eigenvalue weighted by Crippen LogP contribution is 2.16. The molecule has 1 aromatic carbocycles. The second kappa shape index (κ2) is 21.5. The van der Waals surface area contributed by atoms with E-state index in [-0.39, 0.29) is 0 Å². The molecule has 0 aliphatic heterocycles. The number of pyridine rings is 1. The third-order valence-electron chi connectivity index (χ3n) is 7.67. The van der Waals surface area contributed by atoms with Gasteiger partial charge in [-0.3, -0.25) is 0 Å². The van der Waals surface area contributed by atoms with Gasteiger partial charge in [-0.1, -0.05) is 148 Å². The fourth-order valence-corrected chi connectivity index (χ4v) is 5.36. The van der Waals surface area contributed by atoms with E-state index in [1.54, 1.807) is 0 Å². The minimum absolute atomic E-state index is 1.22. The molecule has 0 fully saturated rings. The van der Waals surface area contributed by atoms with Crippen LogP contribution in [0.4, 0.5) is 0 Å². The van der Waals surface area contributed by atoms with E-state index in [0.717, 1.165) is 0 Å². The van der Waals surface area contributed by atoms with E-state index in [2.05, 4.69) is 67.2 Å². The Balaban J connectivity index is 1.72. The highest BCUT2D eigenvalue weighted by molar-refractivity contribution is 5.24. The van der Waals surface area contributed by atoms with Gasteiger partial charge in [0.1, 0.15) is 0 Å². The first-order valence-corrected chi connectivity index (χ1v) is 15.9. The Morgan fingerprint density at radius 1 is 0.444 bits per heavy atom. The van der Waals surface area contributed by atoms with Gasteiger partial charge in [-0.25, -0.2) is 0 Å². The minimum atomic E-state index is 1.22. The van der Waals surface area contributed by atoms with Crippen molar-refractivity contribution in [2.24, 2.45) is 0 Å². The predicted octanol–water partition coefficient (Wildman–Crippen LogP) is 10.9. The van der Waals surface area contributed by atoms with Crippen LogP contribution in [0.5, 0.6) is 0 Å². The van der Waals surface area contributed by atoms with E-state index < -0.39 is 0 Å². The van der Waals surface area contributed by atoms with Crippen molar-refractivity contribution in [1.82, 2.24) is 0 Å². The molecular formula is C35H58N+. The highest BCUT2D eigenvalue weighted by atomic mass is 14.9. The monoisotopic (exact) mass is 492 g/mol. The maximum absolute atomic E-state index is 2.50. The topological polar surface area (TPSA) is 3.88 Å². The summed E-state index contributed by atoms with van der Waals surface area (Å²) in [4.78, 5) is 0. The molecule has 1 heterocycles. The third-order valence-corrected chi connectivity index (χ3v) is 7.67. The maximum atomic E-state index is 2.50. The van der Waals surface area contributed by atoms with Gasteiger partial charge in [0.25, 0.3) is 0 Å². The van der Waals surface area contributed by atoms with Gasteiger partial charge in [0.15, 0.2) is 12.4 Å². The van der Waals surface area contributed by atoms with Crippen LogP contribution in [-0.2, 0) is 12.8 Å². The molecule has 0 atom stereocenters. The summed E-state index contributed by atoms with van der Waals surface area (Å²) in [6.07, 6.45) is 35.3. The van der Waals surface area contributed by atoms with Crippen molar-refractivity contribution in [2.45, 2.75) is 155 Å². The quantitative estimate of drug-likeness (QED) is 0.107. The van der Waals surface area contributed by atoms with Gasteiger partial charge in [0.05, 0.1) is 0 Å². The number of nitrogens with zero attached hydrogens (tertiary/aromatic N) is 1. The second-order valence-corrected chi connectivity index (χ2v) is 11.2. The first-order valence-electron chi connectivity index (χ1n) is 15.9. The van der Waals surface area contributed by atoms with Crippen LogP contribution in [0.1, 0.15) is 153 Å². The fraction of sp³-hybridized carbons (Fsp3) is 0.686. The van der Waals surface area contributed by atoms with Crippen molar-refractivity contribution in [1.29, 1.82) is 0 Å². The van der Waals surface area contributed by atoms with Crippen LogP contribution in [0, 0.1) is 0 Å². The number of hydrogen-bond donors (Lipinski definition) is 0. The summed E-state index contributed by atoms with van der Waals surface area (Å²) in [6, 6.07) is 13.4. The minimum Gasteiger partial charge on any atom is -0.167 e. The van der Waals surface area contributed by atoms with Crippen LogP contribution in [0.25, 0.3) is 5.69 Å². The highest BCUT2D eigenvalue weighted by Gasteiger charge is 2.10. The van der Waals surface area contributed by atoms with Gasteiger partial charge in [-0.2, -0.15) is 4.57 Å². The Morgan fingerprint density at radius 3 is 1.19 bits per heavy atom. The van der Waals surface area contributed by atoms with E-state index >= 15 is 0 Å². The Morgan fingerprint density at radius 2 is 0.806 bits per heavy atom. The van der Waals surface area contributed by atoms with Crippen LogP contribution in [0.15, 0.2) is 48.8 Å². The zero-order chi connectivity index (χ0) is 25.5. The zero-order valence-electron chi connectivity index (χ0n) is 24.1. The van der Waals surface area contributed by atoms with Crippen LogP contribution >= 0.6 is 0 Å². The van der Waals surface area contributed by atoms with Crippen molar-refractivity contribution in [3.05, 3.63) is 59.9 Å². The van der Waals surface area contributed by atoms with E-state index in [9.17, 15) is 0 Å². The molecular weight excluding hydrogens is 434 g/mol. The summed E-state index contributed by atoms with van der Waals surface area (Å²) in [5.41, 5.74) is 4.32. The van der Waals surface area contributed by atoms with Crippen LogP contribution < -0.4 is 4.57 Å². The number of aromatic nitrogens is 1. The van der Waals surface area contributed by atoms with Gasteiger partial charge < -0.3 is 0 Å². The largest absolute Gasteiger partial charge is 0.210 e. The number of hydrogen-bond acceptors (Lipinski definition) is 0. The maximum Gasteiger partial charge on any atom is 0.210 e. The molecule has 0 aliphatic carbocycles. The second-order valence-electron chi connectivity index (χ2n) is 11.2. The van der Waals surface area contributed by atoms with Crippen molar-refractivity contribution in [3.63, 3.8) is 0 Å². The number of benzene rings is 1. The molecule has 0 bridgehead atoms. The average molecular weight is 493 g/mol. The lowest BCUT2D eigenvalue weighted by molar-refractivity contribution is -0.596. The lowest BCUT2D eigenvalue weighted by atomic mass is 10.0. The Bertz CT molecular complexity index is 708. The first-order chi connectivity index (χ1) is 17.8. The van der Waals surface area contributed by atoms with Gasteiger partial charge in [0.2, 0.25) is 5.69 Å². The number of rotatable bonds is 23. The van der Waals surface area contributed by atoms with E-state index in [1.165, 1.54) is 158 Å². The summed E-state index contributed by atoms with van der Waals surface area (Å²) < 4.78 is 2.37.